The zero-order valence-corrected chi connectivity index (χ0v) is 12.4. The van der Waals surface area contributed by atoms with Crippen LogP contribution in [0, 0.1) is 18.8 Å². The molecule has 1 aliphatic heterocycles. The number of aromatic nitrogens is 2. The number of methoxy groups -OCH3 is 1. The maximum Gasteiger partial charge on any atom is 0.242 e. The molecule has 2 heterocycles. The first-order valence-electron chi connectivity index (χ1n) is 7.30. The Morgan fingerprint density at radius 1 is 1.67 bits per heavy atom. The van der Waals surface area contributed by atoms with E-state index in [1.807, 2.05) is 6.92 Å². The summed E-state index contributed by atoms with van der Waals surface area (Å²) in [5, 5.41) is 7.30. The summed E-state index contributed by atoms with van der Waals surface area (Å²) in [4.78, 5) is 12.2. The van der Waals surface area contributed by atoms with E-state index in [-0.39, 0.29) is 30.5 Å². The van der Waals surface area contributed by atoms with Gasteiger partial charge in [-0.1, -0.05) is 0 Å². The van der Waals surface area contributed by atoms with E-state index in [2.05, 4.69) is 10.4 Å². The molecule has 3 N–H and O–H groups in total. The quantitative estimate of drug-likeness (QED) is 0.794. The average molecular weight is 294 g/mol. The number of rotatable bonds is 5. The van der Waals surface area contributed by atoms with Crippen LogP contribution in [0.1, 0.15) is 12.1 Å². The number of nitrogens with zero attached hydrogens (tertiary/aromatic N) is 2. The molecule has 2 fully saturated rings. The zero-order chi connectivity index (χ0) is 15.0. The summed E-state index contributed by atoms with van der Waals surface area (Å²) in [6, 6.07) is 1.88. The van der Waals surface area contributed by atoms with Gasteiger partial charge in [0.15, 0.2) is 0 Å². The van der Waals surface area contributed by atoms with Crippen molar-refractivity contribution in [2.24, 2.45) is 11.8 Å². The third kappa shape index (κ3) is 2.63. The molecule has 0 bridgehead atoms. The van der Waals surface area contributed by atoms with Crippen LogP contribution in [0.4, 0.5) is 5.82 Å². The third-order valence-electron chi connectivity index (χ3n) is 4.44. The molecular formula is C14H22N4O3. The number of amides is 1. The van der Waals surface area contributed by atoms with E-state index in [9.17, 15) is 4.79 Å². The number of anilines is 1. The van der Waals surface area contributed by atoms with Crippen LogP contribution in [0.25, 0.3) is 0 Å². The van der Waals surface area contributed by atoms with E-state index in [1.54, 1.807) is 13.2 Å². The number of fused-ring (bicyclic) bond motifs is 1. The van der Waals surface area contributed by atoms with Gasteiger partial charge in [-0.05, 0) is 13.3 Å². The minimum absolute atomic E-state index is 0.0683. The summed E-state index contributed by atoms with van der Waals surface area (Å²) in [6.45, 7) is 3.38. The fourth-order valence-electron chi connectivity index (χ4n) is 3.49. The van der Waals surface area contributed by atoms with Crippen molar-refractivity contribution >= 4 is 11.7 Å². The van der Waals surface area contributed by atoms with Crippen molar-refractivity contribution in [3.63, 3.8) is 0 Å². The molecule has 1 saturated heterocycles. The number of carbonyl (C=O) groups is 1. The SMILES string of the molecule is COC[C@@H]1[C@@H](NC(=O)Cn2nc(C)cc2N)[C@@H]2CCO[C@H]12. The van der Waals surface area contributed by atoms with Crippen molar-refractivity contribution in [1.29, 1.82) is 0 Å². The van der Waals surface area contributed by atoms with Crippen LogP contribution in [-0.2, 0) is 20.8 Å². The molecule has 1 saturated carbocycles. The van der Waals surface area contributed by atoms with Gasteiger partial charge in [-0.25, -0.2) is 4.68 Å². The molecular weight excluding hydrogens is 272 g/mol. The second-order valence-corrected chi connectivity index (χ2v) is 5.87. The van der Waals surface area contributed by atoms with Gasteiger partial charge < -0.3 is 20.5 Å². The molecule has 1 amide bonds. The lowest BCUT2D eigenvalue weighted by Gasteiger charge is -2.47. The van der Waals surface area contributed by atoms with Crippen LogP contribution < -0.4 is 11.1 Å². The normalized spacial score (nSPS) is 30.8. The summed E-state index contributed by atoms with van der Waals surface area (Å²) in [5.74, 6) is 1.09. The first kappa shape index (κ1) is 14.3. The molecule has 7 nitrogen and oxygen atoms in total. The molecule has 4 atom stereocenters. The molecule has 0 aromatic carbocycles. The van der Waals surface area contributed by atoms with Gasteiger partial charge in [-0.2, -0.15) is 5.10 Å². The van der Waals surface area contributed by atoms with Crippen LogP contribution in [0.5, 0.6) is 0 Å². The second kappa shape index (κ2) is 5.65. The number of hydrogen-bond acceptors (Lipinski definition) is 5. The summed E-state index contributed by atoms with van der Waals surface area (Å²) >= 11 is 0. The van der Waals surface area contributed by atoms with Crippen LogP contribution in [0.2, 0.25) is 0 Å². The molecule has 1 aliphatic carbocycles. The summed E-state index contributed by atoms with van der Waals surface area (Å²) in [5.41, 5.74) is 6.62. The topological polar surface area (TPSA) is 91.4 Å². The Morgan fingerprint density at radius 3 is 3.14 bits per heavy atom. The molecule has 116 valence electrons. The van der Waals surface area contributed by atoms with Crippen LogP contribution >= 0.6 is 0 Å². The highest BCUT2D eigenvalue weighted by molar-refractivity contribution is 5.76. The Morgan fingerprint density at radius 2 is 2.48 bits per heavy atom. The van der Waals surface area contributed by atoms with Crippen molar-refractivity contribution < 1.29 is 14.3 Å². The highest BCUT2D eigenvalue weighted by atomic mass is 16.5. The number of hydrogen-bond donors (Lipinski definition) is 2. The molecule has 2 aliphatic rings. The maximum atomic E-state index is 12.2. The highest BCUT2D eigenvalue weighted by Crippen LogP contribution is 2.43. The molecule has 3 rings (SSSR count). The third-order valence-corrected chi connectivity index (χ3v) is 4.44. The number of aryl methyl sites for hydroxylation is 1. The lowest BCUT2D eigenvalue weighted by molar-refractivity contribution is -0.130. The smallest absolute Gasteiger partial charge is 0.242 e. The predicted octanol–water partition coefficient (Wildman–Crippen LogP) is -0.0602. The first-order chi connectivity index (χ1) is 10.1. The van der Waals surface area contributed by atoms with Crippen LogP contribution in [-0.4, -0.2) is 48.2 Å². The van der Waals surface area contributed by atoms with Crippen molar-refractivity contribution in [3.05, 3.63) is 11.8 Å². The second-order valence-electron chi connectivity index (χ2n) is 5.87. The van der Waals surface area contributed by atoms with Gasteiger partial charge in [0.2, 0.25) is 5.91 Å². The van der Waals surface area contributed by atoms with Gasteiger partial charge in [0.1, 0.15) is 12.4 Å². The standard InChI is InChI=1S/C14H22N4O3/c1-8-5-11(15)18(17-8)6-12(19)16-13-9-3-4-21-14(9)10(13)7-20-2/h5,9-10,13-14H,3-4,6-7,15H2,1-2H3,(H,16,19)/t9-,10+,13-,14-/m0/s1. The number of nitrogens with two attached hydrogens (primary N) is 1. The number of ether oxygens (including phenoxy) is 2. The molecule has 7 heteroatoms. The largest absolute Gasteiger partial charge is 0.384 e. The van der Waals surface area contributed by atoms with E-state index < -0.39 is 0 Å². The van der Waals surface area contributed by atoms with Crippen LogP contribution in [0.15, 0.2) is 6.07 Å². The maximum absolute atomic E-state index is 12.2. The Bertz CT molecular complexity index is 530. The Hall–Kier alpha value is -1.60. The summed E-state index contributed by atoms with van der Waals surface area (Å²) < 4.78 is 12.5. The van der Waals surface area contributed by atoms with Crippen LogP contribution in [0.3, 0.4) is 0 Å². The molecule has 0 spiro atoms. The Kier molecular flexibility index (Phi) is 3.86. The lowest BCUT2D eigenvalue weighted by Crippen LogP contribution is -2.63. The molecule has 1 aromatic rings. The lowest BCUT2D eigenvalue weighted by atomic mass is 9.67. The van der Waals surface area contributed by atoms with Crippen molar-refractivity contribution in [1.82, 2.24) is 15.1 Å². The van der Waals surface area contributed by atoms with Gasteiger partial charge in [-0.15, -0.1) is 0 Å². The highest BCUT2D eigenvalue weighted by Gasteiger charge is 2.54. The number of nitrogens with one attached hydrogen (secondary N) is 1. The Labute approximate surface area is 123 Å². The fraction of sp³-hybridized carbons (Fsp3) is 0.714. The van der Waals surface area contributed by atoms with Gasteiger partial charge in [-0.3, -0.25) is 4.79 Å². The van der Waals surface area contributed by atoms with E-state index in [0.717, 1.165) is 18.7 Å². The molecule has 0 radical (unpaired) electrons. The summed E-state index contributed by atoms with van der Waals surface area (Å²) in [7, 11) is 1.67. The zero-order valence-electron chi connectivity index (χ0n) is 12.4. The van der Waals surface area contributed by atoms with Gasteiger partial charge in [0.05, 0.1) is 18.4 Å². The van der Waals surface area contributed by atoms with Crippen molar-refractivity contribution in [2.45, 2.75) is 32.0 Å². The molecule has 1 aromatic heterocycles. The predicted molar refractivity (Wildman–Crippen MR) is 76.5 cm³/mol. The van der Waals surface area contributed by atoms with E-state index >= 15 is 0 Å². The molecule has 21 heavy (non-hydrogen) atoms. The van der Waals surface area contributed by atoms with Gasteiger partial charge >= 0.3 is 0 Å². The monoisotopic (exact) mass is 294 g/mol. The minimum Gasteiger partial charge on any atom is -0.384 e. The van der Waals surface area contributed by atoms with E-state index in [1.165, 1.54) is 4.68 Å². The minimum atomic E-state index is -0.0683. The molecule has 0 unspecified atom stereocenters. The van der Waals surface area contributed by atoms with Gasteiger partial charge in [0.25, 0.3) is 0 Å². The van der Waals surface area contributed by atoms with E-state index in [4.69, 9.17) is 15.2 Å². The number of nitrogen functional groups attached to an aromatic ring is 1. The average Bonchev–Trinajstić information content (AvgIpc) is 2.98. The van der Waals surface area contributed by atoms with E-state index in [0.29, 0.717) is 18.3 Å². The van der Waals surface area contributed by atoms with Crippen molar-refractivity contribution in [2.75, 3.05) is 26.1 Å². The van der Waals surface area contributed by atoms with Crippen molar-refractivity contribution in [3.8, 4) is 0 Å². The fourth-order valence-corrected chi connectivity index (χ4v) is 3.49. The summed E-state index contributed by atoms with van der Waals surface area (Å²) in [6.07, 6.45) is 1.23. The Balaban J connectivity index is 1.60. The first-order valence-corrected chi connectivity index (χ1v) is 7.30. The number of carbonyl (C=O) groups excluding carboxylic acids is 1. The van der Waals surface area contributed by atoms with Gasteiger partial charge in [0, 0.05) is 37.7 Å².